The molecule has 2 aliphatic carbocycles. The Morgan fingerprint density at radius 1 is 1.30 bits per heavy atom. The predicted molar refractivity (Wildman–Crippen MR) is 115 cm³/mol. The zero-order chi connectivity index (χ0) is 20.2. The van der Waals surface area contributed by atoms with Gasteiger partial charge in [-0.1, -0.05) is 50.5 Å². The fraction of sp³-hybridized carbons (Fsp3) is 0.800. The van der Waals surface area contributed by atoms with Crippen LogP contribution >= 0.6 is 0 Å². The molecule has 0 aromatic heterocycles. The standard InChI is InChI=1S/C25H42O2/c1-18(10-8-11-20(3)27-21(4)26)12-14-22-19(2)13-15-23-24(5,6)16-9-17-25(22,23)7/h10,13,20,22-23H,8-9,11-12,14-17H2,1-7H3/b18-10+/t20-,22+,23+,25-/m1/s1. The van der Waals surface area contributed by atoms with Crippen molar-refractivity contribution in [3.8, 4) is 0 Å². The second-order valence-corrected chi connectivity index (χ2v) is 10.2. The number of esters is 1. The minimum Gasteiger partial charge on any atom is -0.463 e. The Hall–Kier alpha value is -1.05. The summed E-state index contributed by atoms with van der Waals surface area (Å²) in [5.74, 6) is 1.36. The average Bonchev–Trinajstić information content (AvgIpc) is 2.52. The monoisotopic (exact) mass is 374 g/mol. The first-order valence-electron chi connectivity index (χ1n) is 11.1. The van der Waals surface area contributed by atoms with Crippen molar-refractivity contribution in [2.45, 2.75) is 106 Å². The van der Waals surface area contributed by atoms with Crippen molar-refractivity contribution in [2.24, 2.45) is 22.7 Å². The summed E-state index contributed by atoms with van der Waals surface area (Å²) in [6.07, 6.45) is 14.7. The Kier molecular flexibility index (Phi) is 7.39. The molecule has 2 rings (SSSR count). The van der Waals surface area contributed by atoms with Crippen molar-refractivity contribution in [3.63, 3.8) is 0 Å². The molecule has 0 aromatic rings. The van der Waals surface area contributed by atoms with Gasteiger partial charge < -0.3 is 4.74 Å². The van der Waals surface area contributed by atoms with Gasteiger partial charge in [0.05, 0.1) is 6.10 Å². The summed E-state index contributed by atoms with van der Waals surface area (Å²) >= 11 is 0. The Morgan fingerprint density at radius 3 is 2.67 bits per heavy atom. The molecule has 2 heteroatoms. The molecule has 0 amide bonds. The van der Waals surface area contributed by atoms with Gasteiger partial charge in [0, 0.05) is 6.92 Å². The number of fused-ring (bicyclic) bond motifs is 1. The van der Waals surface area contributed by atoms with Crippen molar-refractivity contribution < 1.29 is 9.53 Å². The lowest BCUT2D eigenvalue weighted by atomic mass is 9.48. The largest absolute Gasteiger partial charge is 0.463 e. The zero-order valence-corrected chi connectivity index (χ0v) is 18.9. The van der Waals surface area contributed by atoms with E-state index in [1.54, 1.807) is 5.57 Å². The Bertz CT molecular complexity index is 583. The number of hydrogen-bond donors (Lipinski definition) is 0. The summed E-state index contributed by atoms with van der Waals surface area (Å²) in [5.41, 5.74) is 4.05. The van der Waals surface area contributed by atoms with Gasteiger partial charge in [-0.15, -0.1) is 0 Å². The Balaban J connectivity index is 1.95. The highest BCUT2D eigenvalue weighted by Gasteiger charge is 2.51. The van der Waals surface area contributed by atoms with Crippen LogP contribution in [0.3, 0.4) is 0 Å². The maximum atomic E-state index is 11.0. The van der Waals surface area contributed by atoms with E-state index in [4.69, 9.17) is 4.74 Å². The normalized spacial score (nSPS) is 31.7. The molecule has 1 fully saturated rings. The van der Waals surface area contributed by atoms with Crippen molar-refractivity contribution in [1.82, 2.24) is 0 Å². The van der Waals surface area contributed by atoms with Crippen molar-refractivity contribution in [3.05, 3.63) is 23.3 Å². The fourth-order valence-corrected chi connectivity index (χ4v) is 6.08. The van der Waals surface area contributed by atoms with E-state index in [-0.39, 0.29) is 12.1 Å². The molecule has 1 saturated carbocycles. The van der Waals surface area contributed by atoms with Gasteiger partial charge in [-0.25, -0.2) is 0 Å². The maximum Gasteiger partial charge on any atom is 0.302 e. The number of rotatable bonds is 7. The van der Waals surface area contributed by atoms with E-state index < -0.39 is 0 Å². The molecule has 0 aromatic carbocycles. The number of ether oxygens (including phenoxy) is 1. The first-order chi connectivity index (χ1) is 12.6. The quantitative estimate of drug-likeness (QED) is 0.346. The highest BCUT2D eigenvalue weighted by Crippen LogP contribution is 2.60. The lowest BCUT2D eigenvalue weighted by Gasteiger charge is -2.57. The van der Waals surface area contributed by atoms with E-state index in [2.05, 4.69) is 46.8 Å². The van der Waals surface area contributed by atoms with Gasteiger partial charge in [0.1, 0.15) is 0 Å². The van der Waals surface area contributed by atoms with Crippen LogP contribution in [0.2, 0.25) is 0 Å². The van der Waals surface area contributed by atoms with Crippen molar-refractivity contribution in [1.29, 1.82) is 0 Å². The molecule has 0 heterocycles. The number of hydrogen-bond acceptors (Lipinski definition) is 2. The van der Waals surface area contributed by atoms with Gasteiger partial charge in [-0.2, -0.15) is 0 Å². The molecule has 2 aliphatic rings. The third kappa shape index (κ3) is 5.48. The van der Waals surface area contributed by atoms with Crippen LogP contribution in [0, 0.1) is 22.7 Å². The number of allylic oxidation sites excluding steroid dienone is 4. The lowest BCUT2D eigenvalue weighted by molar-refractivity contribution is -0.145. The molecule has 2 nitrogen and oxygen atoms in total. The third-order valence-electron chi connectivity index (χ3n) is 7.56. The van der Waals surface area contributed by atoms with E-state index >= 15 is 0 Å². The smallest absolute Gasteiger partial charge is 0.302 e. The van der Waals surface area contributed by atoms with Crippen LogP contribution < -0.4 is 0 Å². The molecule has 0 bridgehead atoms. The summed E-state index contributed by atoms with van der Waals surface area (Å²) in [4.78, 5) is 11.0. The molecule has 4 atom stereocenters. The summed E-state index contributed by atoms with van der Waals surface area (Å²) in [6.45, 7) is 15.7. The lowest BCUT2D eigenvalue weighted by Crippen LogP contribution is -2.48. The molecule has 0 saturated heterocycles. The van der Waals surface area contributed by atoms with Gasteiger partial charge in [-0.3, -0.25) is 4.79 Å². The first-order valence-corrected chi connectivity index (χ1v) is 11.1. The third-order valence-corrected chi connectivity index (χ3v) is 7.56. The molecule has 154 valence electrons. The highest BCUT2D eigenvalue weighted by molar-refractivity contribution is 5.66. The van der Waals surface area contributed by atoms with Crippen LogP contribution in [0.5, 0.6) is 0 Å². The van der Waals surface area contributed by atoms with Gasteiger partial charge >= 0.3 is 5.97 Å². The molecule has 0 unspecified atom stereocenters. The molecule has 0 aliphatic heterocycles. The van der Waals surface area contributed by atoms with Crippen LogP contribution in [0.15, 0.2) is 23.3 Å². The second kappa shape index (κ2) is 8.97. The summed E-state index contributed by atoms with van der Waals surface area (Å²) in [5, 5.41) is 0. The molecule has 0 spiro atoms. The minimum absolute atomic E-state index is 0.0132. The van der Waals surface area contributed by atoms with Crippen molar-refractivity contribution in [2.75, 3.05) is 0 Å². The molecular formula is C25H42O2. The van der Waals surface area contributed by atoms with E-state index in [0.29, 0.717) is 10.8 Å². The summed E-state index contributed by atoms with van der Waals surface area (Å²) < 4.78 is 5.22. The van der Waals surface area contributed by atoms with Crippen molar-refractivity contribution >= 4 is 5.97 Å². The molecule has 0 radical (unpaired) electrons. The average molecular weight is 375 g/mol. The predicted octanol–water partition coefficient (Wildman–Crippen LogP) is 7.24. The topological polar surface area (TPSA) is 26.3 Å². The van der Waals surface area contributed by atoms with Crippen LogP contribution in [0.1, 0.15) is 99.8 Å². The van der Waals surface area contributed by atoms with E-state index in [0.717, 1.165) is 24.7 Å². The summed E-state index contributed by atoms with van der Waals surface area (Å²) in [6, 6.07) is 0. The Labute approximate surface area is 167 Å². The fourth-order valence-electron chi connectivity index (χ4n) is 6.08. The SMILES string of the molecule is CC(=O)O[C@H](C)CC/C=C(\C)CC[C@H]1C(C)=CC[C@H]2C(C)(C)CCC[C@]12C. The van der Waals surface area contributed by atoms with Gasteiger partial charge in [0.2, 0.25) is 0 Å². The van der Waals surface area contributed by atoms with Gasteiger partial charge in [0.15, 0.2) is 0 Å². The van der Waals surface area contributed by atoms with E-state index in [1.165, 1.54) is 51.0 Å². The van der Waals surface area contributed by atoms with Crippen LogP contribution in [-0.4, -0.2) is 12.1 Å². The first kappa shape index (κ1) is 22.2. The Morgan fingerprint density at radius 2 is 2.00 bits per heavy atom. The van der Waals surface area contributed by atoms with Gasteiger partial charge in [-0.05, 0) is 88.4 Å². The molecular weight excluding hydrogens is 332 g/mol. The minimum atomic E-state index is -0.180. The van der Waals surface area contributed by atoms with E-state index in [1.807, 2.05) is 6.92 Å². The number of carbonyl (C=O) groups is 1. The highest BCUT2D eigenvalue weighted by atomic mass is 16.5. The maximum absolute atomic E-state index is 11.0. The van der Waals surface area contributed by atoms with Crippen LogP contribution in [0.4, 0.5) is 0 Å². The second-order valence-electron chi connectivity index (χ2n) is 10.2. The van der Waals surface area contributed by atoms with E-state index in [9.17, 15) is 4.79 Å². The molecule has 27 heavy (non-hydrogen) atoms. The molecule has 0 N–H and O–H groups in total. The summed E-state index contributed by atoms with van der Waals surface area (Å²) in [7, 11) is 0. The zero-order valence-electron chi connectivity index (χ0n) is 18.9. The number of carbonyl (C=O) groups excluding carboxylic acids is 1. The van der Waals surface area contributed by atoms with Gasteiger partial charge in [0.25, 0.3) is 0 Å². The van der Waals surface area contributed by atoms with Crippen LogP contribution in [0.25, 0.3) is 0 Å². The van der Waals surface area contributed by atoms with Crippen LogP contribution in [-0.2, 0) is 9.53 Å².